The fourth-order valence-corrected chi connectivity index (χ4v) is 2.49. The molecule has 0 bridgehead atoms. The standard InChI is InChI=1S/C15H18O4S2/c1-10-13(19-15(20)21-2)12(8-9-17-10)18-14(16)11-6-4-3-5-7-11/h3-7,10,12-13H,8-9H2,1-2H3. The first-order valence-electron chi connectivity index (χ1n) is 6.74. The van der Waals surface area contributed by atoms with Crippen molar-refractivity contribution in [2.75, 3.05) is 12.9 Å². The molecule has 0 spiro atoms. The Morgan fingerprint density at radius 2 is 2.05 bits per heavy atom. The van der Waals surface area contributed by atoms with E-state index in [1.54, 1.807) is 24.3 Å². The summed E-state index contributed by atoms with van der Waals surface area (Å²) in [6, 6.07) is 8.93. The second kappa shape index (κ2) is 7.77. The molecule has 1 fully saturated rings. The number of ether oxygens (including phenoxy) is 3. The van der Waals surface area contributed by atoms with Crippen molar-refractivity contribution in [3.63, 3.8) is 0 Å². The predicted octanol–water partition coefficient (Wildman–Crippen LogP) is 3.05. The van der Waals surface area contributed by atoms with E-state index in [9.17, 15) is 4.79 Å². The van der Waals surface area contributed by atoms with Gasteiger partial charge < -0.3 is 14.2 Å². The normalized spacial score (nSPS) is 25.1. The second-order valence-electron chi connectivity index (χ2n) is 4.71. The van der Waals surface area contributed by atoms with E-state index in [2.05, 4.69) is 0 Å². The number of rotatable bonds is 3. The smallest absolute Gasteiger partial charge is 0.338 e. The molecule has 4 nitrogen and oxygen atoms in total. The van der Waals surface area contributed by atoms with Gasteiger partial charge in [0.1, 0.15) is 6.10 Å². The first kappa shape index (κ1) is 16.3. The van der Waals surface area contributed by atoms with Crippen LogP contribution in [0, 0.1) is 0 Å². The maximum Gasteiger partial charge on any atom is 0.338 e. The molecule has 0 saturated carbocycles. The number of carbonyl (C=O) groups excluding carboxylic acids is 1. The van der Waals surface area contributed by atoms with Crippen LogP contribution in [0.25, 0.3) is 0 Å². The lowest BCUT2D eigenvalue weighted by atomic mass is 10.0. The van der Waals surface area contributed by atoms with Crippen LogP contribution in [-0.2, 0) is 14.2 Å². The summed E-state index contributed by atoms with van der Waals surface area (Å²) in [5.74, 6) is -0.349. The molecule has 1 aromatic rings. The van der Waals surface area contributed by atoms with Gasteiger partial charge in [0.05, 0.1) is 18.3 Å². The first-order chi connectivity index (χ1) is 10.1. The lowest BCUT2D eigenvalue weighted by molar-refractivity contribution is -0.123. The molecule has 1 aliphatic rings. The van der Waals surface area contributed by atoms with Crippen molar-refractivity contribution in [3.8, 4) is 0 Å². The molecule has 0 amide bonds. The highest BCUT2D eigenvalue weighted by Gasteiger charge is 2.36. The maximum absolute atomic E-state index is 12.2. The van der Waals surface area contributed by atoms with Crippen molar-refractivity contribution in [1.29, 1.82) is 0 Å². The first-order valence-corrected chi connectivity index (χ1v) is 8.37. The zero-order valence-corrected chi connectivity index (χ0v) is 13.6. The number of hydrogen-bond acceptors (Lipinski definition) is 6. The van der Waals surface area contributed by atoms with Crippen LogP contribution in [0.4, 0.5) is 0 Å². The molecule has 0 aliphatic carbocycles. The highest BCUT2D eigenvalue weighted by Crippen LogP contribution is 2.23. The van der Waals surface area contributed by atoms with Crippen LogP contribution in [0.2, 0.25) is 0 Å². The van der Waals surface area contributed by atoms with Crippen molar-refractivity contribution in [1.82, 2.24) is 0 Å². The van der Waals surface area contributed by atoms with Crippen molar-refractivity contribution >= 4 is 34.3 Å². The van der Waals surface area contributed by atoms with Crippen molar-refractivity contribution in [3.05, 3.63) is 35.9 Å². The van der Waals surface area contributed by atoms with Crippen LogP contribution in [0.5, 0.6) is 0 Å². The Balaban J connectivity index is 2.04. The summed E-state index contributed by atoms with van der Waals surface area (Å²) in [5.41, 5.74) is 0.530. The van der Waals surface area contributed by atoms with Crippen molar-refractivity contribution in [2.45, 2.75) is 31.7 Å². The zero-order chi connectivity index (χ0) is 15.2. The van der Waals surface area contributed by atoms with E-state index in [4.69, 9.17) is 26.4 Å². The molecule has 0 radical (unpaired) electrons. The summed E-state index contributed by atoms with van der Waals surface area (Å²) in [5, 5.41) is 0. The molecule has 1 aliphatic heterocycles. The molecule has 2 rings (SSSR count). The van der Waals surface area contributed by atoms with Gasteiger partial charge in [-0.1, -0.05) is 30.0 Å². The Bertz CT molecular complexity index is 492. The average Bonchev–Trinajstić information content (AvgIpc) is 2.51. The van der Waals surface area contributed by atoms with E-state index < -0.39 is 0 Å². The molecule has 1 saturated heterocycles. The minimum atomic E-state index is -0.369. The largest absolute Gasteiger partial charge is 0.469 e. The van der Waals surface area contributed by atoms with Crippen molar-refractivity contribution < 1.29 is 19.0 Å². The number of esters is 1. The summed E-state index contributed by atoms with van der Waals surface area (Å²) in [6.07, 6.45) is 1.56. The van der Waals surface area contributed by atoms with E-state index in [0.29, 0.717) is 23.0 Å². The number of hydrogen-bond donors (Lipinski definition) is 0. The minimum absolute atomic E-state index is 0.169. The average molecular weight is 326 g/mol. The highest BCUT2D eigenvalue weighted by molar-refractivity contribution is 8.22. The van der Waals surface area contributed by atoms with Crippen LogP contribution < -0.4 is 0 Å². The quantitative estimate of drug-likeness (QED) is 0.628. The van der Waals surface area contributed by atoms with Crippen LogP contribution in [0.15, 0.2) is 30.3 Å². The number of benzene rings is 1. The third kappa shape index (κ3) is 4.43. The fraction of sp³-hybridized carbons (Fsp3) is 0.467. The Morgan fingerprint density at radius 3 is 2.71 bits per heavy atom. The lowest BCUT2D eigenvalue weighted by Gasteiger charge is -2.35. The van der Waals surface area contributed by atoms with E-state index >= 15 is 0 Å². The fourth-order valence-electron chi connectivity index (χ4n) is 2.17. The molecule has 6 heteroatoms. The highest BCUT2D eigenvalue weighted by atomic mass is 32.2. The summed E-state index contributed by atoms with van der Waals surface area (Å²) in [6.45, 7) is 2.44. The number of thioether (sulfide) groups is 1. The van der Waals surface area contributed by atoms with Gasteiger partial charge in [-0.2, -0.15) is 0 Å². The van der Waals surface area contributed by atoms with Crippen LogP contribution >= 0.6 is 24.0 Å². The Morgan fingerprint density at radius 1 is 1.33 bits per heavy atom. The van der Waals surface area contributed by atoms with Crippen molar-refractivity contribution in [2.24, 2.45) is 0 Å². The van der Waals surface area contributed by atoms with Gasteiger partial charge in [0.25, 0.3) is 0 Å². The molecule has 3 atom stereocenters. The second-order valence-corrected chi connectivity index (χ2v) is 6.12. The predicted molar refractivity (Wildman–Crippen MR) is 86.7 cm³/mol. The number of carbonyl (C=O) groups is 1. The Labute approximate surface area is 134 Å². The van der Waals surface area contributed by atoms with Crippen LogP contribution in [0.3, 0.4) is 0 Å². The van der Waals surface area contributed by atoms with E-state index in [1.165, 1.54) is 11.8 Å². The summed E-state index contributed by atoms with van der Waals surface area (Å²) in [4.78, 5) is 12.2. The molecule has 1 aromatic carbocycles. The topological polar surface area (TPSA) is 44.8 Å². The lowest BCUT2D eigenvalue weighted by Crippen LogP contribution is -2.47. The van der Waals surface area contributed by atoms with E-state index in [-0.39, 0.29) is 24.3 Å². The van der Waals surface area contributed by atoms with E-state index in [1.807, 2.05) is 19.2 Å². The monoisotopic (exact) mass is 326 g/mol. The zero-order valence-electron chi connectivity index (χ0n) is 12.0. The molecule has 3 unspecified atom stereocenters. The SMILES string of the molecule is CSC(=S)OC1C(C)OCCC1OC(=O)c1ccccc1. The third-order valence-electron chi connectivity index (χ3n) is 3.28. The molecule has 1 heterocycles. The van der Waals surface area contributed by atoms with E-state index in [0.717, 1.165) is 0 Å². The van der Waals surface area contributed by atoms with Gasteiger partial charge in [-0.05, 0) is 37.5 Å². The van der Waals surface area contributed by atoms with Gasteiger partial charge in [0, 0.05) is 6.42 Å². The molecular formula is C15H18O4S2. The van der Waals surface area contributed by atoms with Gasteiger partial charge >= 0.3 is 5.97 Å². The van der Waals surface area contributed by atoms with Gasteiger partial charge in [-0.3, -0.25) is 0 Å². The number of thiocarbonyl (C=S) groups is 1. The van der Waals surface area contributed by atoms with Gasteiger partial charge in [-0.25, -0.2) is 4.79 Å². The van der Waals surface area contributed by atoms with Gasteiger partial charge in [0.15, 0.2) is 6.10 Å². The molecule has 114 valence electrons. The third-order valence-corrected chi connectivity index (χ3v) is 4.30. The summed E-state index contributed by atoms with van der Waals surface area (Å²) in [7, 11) is 0. The Hall–Kier alpha value is -1.11. The Kier molecular flexibility index (Phi) is 6.02. The molecule has 0 N–H and O–H groups in total. The summed E-state index contributed by atoms with van der Waals surface area (Å²) >= 11 is 6.44. The van der Waals surface area contributed by atoms with Gasteiger partial charge in [0.2, 0.25) is 4.38 Å². The molecular weight excluding hydrogens is 308 g/mol. The maximum atomic E-state index is 12.2. The van der Waals surface area contributed by atoms with Gasteiger partial charge in [-0.15, -0.1) is 0 Å². The van der Waals surface area contributed by atoms with Crippen LogP contribution in [-0.4, -0.2) is 41.5 Å². The minimum Gasteiger partial charge on any atom is -0.469 e. The van der Waals surface area contributed by atoms with Crippen LogP contribution in [0.1, 0.15) is 23.7 Å². The molecule has 21 heavy (non-hydrogen) atoms. The molecule has 0 aromatic heterocycles. The summed E-state index contributed by atoms with van der Waals surface area (Å²) < 4.78 is 17.3.